The largest absolute Gasteiger partial charge is 0.354 e. The summed E-state index contributed by atoms with van der Waals surface area (Å²) < 4.78 is 0. The molecule has 1 aromatic heterocycles. The highest BCUT2D eigenvalue weighted by molar-refractivity contribution is 6.04. The number of nitrogens with one attached hydrogen (secondary N) is 2. The van der Waals surface area contributed by atoms with Crippen LogP contribution >= 0.6 is 0 Å². The summed E-state index contributed by atoms with van der Waals surface area (Å²) >= 11 is 0. The highest BCUT2D eigenvalue weighted by Crippen LogP contribution is 2.41. The van der Waals surface area contributed by atoms with Crippen LogP contribution < -0.4 is 5.32 Å². The van der Waals surface area contributed by atoms with E-state index in [2.05, 4.69) is 41.5 Å². The molecule has 2 aliphatic carbocycles. The molecule has 1 aromatic carbocycles. The number of Topliss-reactive ketones (excluding diaryl/α,β-unsaturated/α-hetero) is 1. The van der Waals surface area contributed by atoms with Gasteiger partial charge in [0.25, 0.3) is 5.91 Å². The van der Waals surface area contributed by atoms with Crippen molar-refractivity contribution in [2.75, 3.05) is 0 Å². The van der Waals surface area contributed by atoms with Crippen LogP contribution in [0.1, 0.15) is 75.0 Å². The fourth-order valence-electron chi connectivity index (χ4n) is 3.89. The molecule has 0 spiro atoms. The molecule has 0 aliphatic heterocycles. The van der Waals surface area contributed by atoms with Crippen molar-refractivity contribution in [1.29, 1.82) is 0 Å². The maximum atomic E-state index is 12.9. The van der Waals surface area contributed by atoms with Crippen LogP contribution in [-0.4, -0.2) is 16.7 Å². The Morgan fingerprint density at radius 2 is 1.88 bits per heavy atom. The van der Waals surface area contributed by atoms with Crippen LogP contribution in [0.3, 0.4) is 0 Å². The summed E-state index contributed by atoms with van der Waals surface area (Å²) in [5.41, 5.74) is 5.41. The quantitative estimate of drug-likeness (QED) is 0.885. The lowest BCUT2D eigenvalue weighted by Crippen LogP contribution is -2.30. The first kappa shape index (κ1) is 16.1. The third-order valence-corrected chi connectivity index (χ3v) is 5.48. The standard InChI is InChI=1S/C21H24N2O2/c1-12-6-8-14(9-7-12)20(15-10-11-15)23-21(25)19-13(2)18-16(22-19)4-3-5-17(18)24/h6-9,15,20,22H,3-5,10-11H2,1-2H3,(H,23,25)/t20-/m1/s1. The zero-order valence-corrected chi connectivity index (χ0v) is 14.8. The van der Waals surface area contributed by atoms with Gasteiger partial charge in [-0.05, 0) is 56.6 Å². The molecule has 130 valence electrons. The van der Waals surface area contributed by atoms with Gasteiger partial charge in [0.2, 0.25) is 0 Å². The zero-order valence-electron chi connectivity index (χ0n) is 14.8. The molecule has 1 saturated carbocycles. The number of fused-ring (bicyclic) bond motifs is 1. The predicted molar refractivity (Wildman–Crippen MR) is 96.9 cm³/mol. The van der Waals surface area contributed by atoms with Crippen molar-refractivity contribution in [2.24, 2.45) is 5.92 Å². The first-order valence-electron chi connectivity index (χ1n) is 9.16. The van der Waals surface area contributed by atoms with Crippen molar-refractivity contribution in [3.8, 4) is 0 Å². The van der Waals surface area contributed by atoms with Crippen LogP contribution in [-0.2, 0) is 6.42 Å². The number of rotatable bonds is 4. The Hall–Kier alpha value is -2.36. The van der Waals surface area contributed by atoms with Crippen LogP contribution in [0, 0.1) is 19.8 Å². The van der Waals surface area contributed by atoms with Gasteiger partial charge in [0.1, 0.15) is 5.69 Å². The lowest BCUT2D eigenvalue weighted by atomic mass is 9.93. The molecular weight excluding hydrogens is 312 g/mol. The van der Waals surface area contributed by atoms with E-state index in [9.17, 15) is 9.59 Å². The van der Waals surface area contributed by atoms with E-state index in [1.165, 1.54) is 5.56 Å². The molecular formula is C21H24N2O2. The number of amides is 1. The Morgan fingerprint density at radius 3 is 2.52 bits per heavy atom. The molecule has 1 amide bonds. The number of carbonyl (C=O) groups is 2. The molecule has 0 bridgehead atoms. The normalized spacial score (nSPS) is 17.9. The summed E-state index contributed by atoms with van der Waals surface area (Å²) in [6, 6.07) is 8.44. The van der Waals surface area contributed by atoms with Crippen molar-refractivity contribution in [3.63, 3.8) is 0 Å². The van der Waals surface area contributed by atoms with Gasteiger partial charge >= 0.3 is 0 Å². The van der Waals surface area contributed by atoms with E-state index < -0.39 is 0 Å². The number of aromatic nitrogens is 1. The summed E-state index contributed by atoms with van der Waals surface area (Å²) in [4.78, 5) is 28.3. The van der Waals surface area contributed by atoms with Gasteiger partial charge in [-0.2, -0.15) is 0 Å². The van der Waals surface area contributed by atoms with Crippen LogP contribution in [0.2, 0.25) is 0 Å². The molecule has 2 N–H and O–H groups in total. The minimum Gasteiger partial charge on any atom is -0.354 e. The second-order valence-corrected chi connectivity index (χ2v) is 7.45. The van der Waals surface area contributed by atoms with E-state index in [1.54, 1.807) is 0 Å². The number of hydrogen-bond acceptors (Lipinski definition) is 2. The first-order chi connectivity index (χ1) is 12.0. The lowest BCUT2D eigenvalue weighted by molar-refractivity contribution is 0.0926. The molecule has 1 heterocycles. The van der Waals surface area contributed by atoms with Gasteiger partial charge in [-0.1, -0.05) is 29.8 Å². The van der Waals surface area contributed by atoms with Gasteiger partial charge in [-0.15, -0.1) is 0 Å². The Kier molecular flexibility index (Phi) is 3.98. The van der Waals surface area contributed by atoms with Gasteiger partial charge in [0, 0.05) is 17.7 Å². The highest BCUT2D eigenvalue weighted by atomic mass is 16.2. The SMILES string of the molecule is Cc1ccc([C@@H](NC(=O)c2[nH]c3c(c2C)C(=O)CCC3)C2CC2)cc1. The Labute approximate surface area is 148 Å². The van der Waals surface area contributed by atoms with Gasteiger partial charge in [-0.3, -0.25) is 9.59 Å². The number of carbonyl (C=O) groups excluding carboxylic acids is 2. The molecule has 4 rings (SSSR count). The minimum absolute atomic E-state index is 0.0449. The van der Waals surface area contributed by atoms with Crippen molar-refractivity contribution in [2.45, 2.75) is 52.0 Å². The Bertz CT molecular complexity index is 828. The summed E-state index contributed by atoms with van der Waals surface area (Å²) in [6.45, 7) is 3.95. The van der Waals surface area contributed by atoms with E-state index in [1.807, 2.05) is 6.92 Å². The number of aromatic amines is 1. The number of aryl methyl sites for hydroxylation is 2. The molecule has 25 heavy (non-hydrogen) atoms. The highest BCUT2D eigenvalue weighted by Gasteiger charge is 2.35. The summed E-state index contributed by atoms with van der Waals surface area (Å²) in [7, 11) is 0. The van der Waals surface area contributed by atoms with E-state index in [-0.39, 0.29) is 17.7 Å². The smallest absolute Gasteiger partial charge is 0.268 e. The lowest BCUT2D eigenvalue weighted by Gasteiger charge is -2.19. The topological polar surface area (TPSA) is 62.0 Å². The molecule has 4 heteroatoms. The first-order valence-corrected chi connectivity index (χ1v) is 9.16. The molecule has 0 unspecified atom stereocenters. The van der Waals surface area contributed by atoms with E-state index in [0.29, 0.717) is 18.0 Å². The van der Waals surface area contributed by atoms with Gasteiger partial charge < -0.3 is 10.3 Å². The van der Waals surface area contributed by atoms with Crippen LogP contribution in [0.4, 0.5) is 0 Å². The molecule has 1 fully saturated rings. The third-order valence-electron chi connectivity index (χ3n) is 5.48. The average Bonchev–Trinajstić information content (AvgIpc) is 3.37. The van der Waals surface area contributed by atoms with Crippen molar-refractivity contribution >= 4 is 11.7 Å². The number of H-pyrrole nitrogens is 1. The maximum absolute atomic E-state index is 12.9. The van der Waals surface area contributed by atoms with Gasteiger partial charge in [0.15, 0.2) is 5.78 Å². The molecule has 2 aromatic rings. The molecule has 0 radical (unpaired) electrons. The number of benzene rings is 1. The molecule has 0 saturated heterocycles. The fourth-order valence-corrected chi connectivity index (χ4v) is 3.89. The molecule has 4 nitrogen and oxygen atoms in total. The van der Waals surface area contributed by atoms with Gasteiger partial charge in [0.05, 0.1) is 6.04 Å². The summed E-state index contributed by atoms with van der Waals surface area (Å²) in [5.74, 6) is 0.571. The number of hydrogen-bond donors (Lipinski definition) is 2. The van der Waals surface area contributed by atoms with Crippen molar-refractivity contribution < 1.29 is 9.59 Å². The zero-order chi connectivity index (χ0) is 17.6. The van der Waals surface area contributed by atoms with Crippen molar-refractivity contribution in [1.82, 2.24) is 10.3 Å². The van der Waals surface area contributed by atoms with E-state index in [4.69, 9.17) is 0 Å². The molecule has 1 atom stereocenters. The third kappa shape index (κ3) is 3.01. The summed E-state index contributed by atoms with van der Waals surface area (Å²) in [5, 5.41) is 3.21. The molecule has 2 aliphatic rings. The van der Waals surface area contributed by atoms with Crippen molar-refractivity contribution in [3.05, 3.63) is 57.9 Å². The predicted octanol–water partition coefficient (Wildman–Crippen LogP) is 4.03. The second-order valence-electron chi connectivity index (χ2n) is 7.45. The average molecular weight is 336 g/mol. The fraction of sp³-hybridized carbons (Fsp3) is 0.429. The van der Waals surface area contributed by atoms with Gasteiger partial charge in [-0.25, -0.2) is 0 Å². The maximum Gasteiger partial charge on any atom is 0.268 e. The Morgan fingerprint density at radius 1 is 1.16 bits per heavy atom. The van der Waals surface area contributed by atoms with E-state index in [0.717, 1.165) is 48.1 Å². The van der Waals surface area contributed by atoms with Crippen LogP contribution in [0.25, 0.3) is 0 Å². The monoisotopic (exact) mass is 336 g/mol. The Balaban J connectivity index is 1.60. The number of ketones is 1. The van der Waals surface area contributed by atoms with E-state index >= 15 is 0 Å². The second kappa shape index (κ2) is 6.17. The van der Waals surface area contributed by atoms with Crippen LogP contribution in [0.15, 0.2) is 24.3 Å². The minimum atomic E-state index is -0.0998. The van der Waals surface area contributed by atoms with Crippen LogP contribution in [0.5, 0.6) is 0 Å². The summed E-state index contributed by atoms with van der Waals surface area (Å²) in [6.07, 6.45) is 4.59.